The summed E-state index contributed by atoms with van der Waals surface area (Å²) in [6.45, 7) is 8.07. The fraction of sp³-hybridized carbons (Fsp3) is 0.769. The largest absolute Gasteiger partial charge is 0.399 e. The van der Waals surface area contributed by atoms with Gasteiger partial charge in [0.15, 0.2) is 6.29 Å². The van der Waals surface area contributed by atoms with Gasteiger partial charge in [0.2, 0.25) is 0 Å². The quantitative estimate of drug-likeness (QED) is 0.0912. The molecule has 38 heavy (non-hydrogen) atoms. The number of benzene rings is 1. The molecule has 1 aromatic rings. The third-order valence-electron chi connectivity index (χ3n) is 4.90. The summed E-state index contributed by atoms with van der Waals surface area (Å²) >= 11 is 5.99. The summed E-state index contributed by atoms with van der Waals surface area (Å²) in [5, 5.41) is 0.639. The number of methoxy groups -OCH3 is 2. The molecule has 222 valence electrons. The maximum absolute atomic E-state index is 5.99. The zero-order valence-corrected chi connectivity index (χ0v) is 23.6. The Bertz CT molecular complexity index is 634. The zero-order chi connectivity index (χ0) is 27.5. The standard InChI is InChI=1S/C26H46ClNO10/c1-29-26(30-2)22-38-18-17-37-16-15-36-14-13-35-12-11-34-10-9-33-8-7-32-6-5-31-4-3-23-19-24(27)21-25(28)20-23/h19-21,26H,3-18,22,28H2,1-2H3. The van der Waals surface area contributed by atoms with Crippen molar-refractivity contribution >= 4 is 17.3 Å². The van der Waals surface area contributed by atoms with Gasteiger partial charge in [-0.3, -0.25) is 0 Å². The van der Waals surface area contributed by atoms with Crippen LogP contribution >= 0.6 is 11.6 Å². The molecule has 0 unspecified atom stereocenters. The van der Waals surface area contributed by atoms with Crippen molar-refractivity contribution < 1.29 is 47.4 Å². The van der Waals surface area contributed by atoms with Gasteiger partial charge in [-0.05, 0) is 30.2 Å². The van der Waals surface area contributed by atoms with Gasteiger partial charge < -0.3 is 53.1 Å². The molecule has 12 heteroatoms. The molecule has 0 saturated heterocycles. The van der Waals surface area contributed by atoms with Gasteiger partial charge in [-0.15, -0.1) is 0 Å². The molecular weight excluding hydrogens is 522 g/mol. The predicted octanol–water partition coefficient (Wildman–Crippen LogP) is 2.22. The average molecular weight is 568 g/mol. The lowest BCUT2D eigenvalue weighted by molar-refractivity contribution is -0.143. The number of ether oxygens (including phenoxy) is 10. The summed E-state index contributed by atoms with van der Waals surface area (Å²) < 4.78 is 53.7. The van der Waals surface area contributed by atoms with Crippen LogP contribution in [-0.4, -0.2) is 126 Å². The zero-order valence-electron chi connectivity index (χ0n) is 22.9. The van der Waals surface area contributed by atoms with Crippen molar-refractivity contribution in [2.75, 3.05) is 126 Å². The lowest BCUT2D eigenvalue weighted by atomic mass is 10.1. The molecule has 0 saturated carbocycles. The highest BCUT2D eigenvalue weighted by Gasteiger charge is 2.04. The maximum Gasteiger partial charge on any atom is 0.180 e. The minimum atomic E-state index is -0.349. The summed E-state index contributed by atoms with van der Waals surface area (Å²) in [7, 11) is 3.14. The van der Waals surface area contributed by atoms with Crippen LogP contribution in [0.15, 0.2) is 18.2 Å². The minimum Gasteiger partial charge on any atom is -0.399 e. The van der Waals surface area contributed by atoms with Crippen LogP contribution in [0.25, 0.3) is 0 Å². The first kappa shape index (κ1) is 34.9. The van der Waals surface area contributed by atoms with E-state index in [9.17, 15) is 0 Å². The van der Waals surface area contributed by atoms with Crippen molar-refractivity contribution in [1.29, 1.82) is 0 Å². The van der Waals surface area contributed by atoms with Gasteiger partial charge in [0.1, 0.15) is 0 Å². The lowest BCUT2D eigenvalue weighted by Crippen LogP contribution is -2.21. The van der Waals surface area contributed by atoms with E-state index in [2.05, 4.69) is 0 Å². The molecule has 0 aliphatic carbocycles. The van der Waals surface area contributed by atoms with Crippen LogP contribution in [0.2, 0.25) is 5.02 Å². The normalized spacial score (nSPS) is 11.6. The first-order chi connectivity index (χ1) is 18.7. The first-order valence-corrected chi connectivity index (χ1v) is 13.3. The topological polar surface area (TPSA) is 118 Å². The fourth-order valence-corrected chi connectivity index (χ4v) is 3.23. The molecule has 0 bridgehead atoms. The summed E-state index contributed by atoms with van der Waals surface area (Å²) in [4.78, 5) is 0. The van der Waals surface area contributed by atoms with Crippen LogP contribution in [0.1, 0.15) is 5.56 Å². The van der Waals surface area contributed by atoms with Gasteiger partial charge in [0.05, 0.1) is 106 Å². The molecule has 1 aromatic carbocycles. The van der Waals surface area contributed by atoms with Gasteiger partial charge >= 0.3 is 0 Å². The SMILES string of the molecule is COC(COCCOCCOCCOCCOCCOCCOCCOCCc1cc(N)cc(Cl)c1)OC. The van der Waals surface area contributed by atoms with Crippen LogP contribution < -0.4 is 5.73 Å². The Morgan fingerprint density at radius 1 is 0.553 bits per heavy atom. The highest BCUT2D eigenvalue weighted by atomic mass is 35.5. The lowest BCUT2D eigenvalue weighted by Gasteiger charge is -2.13. The minimum absolute atomic E-state index is 0.349. The molecule has 0 radical (unpaired) electrons. The predicted molar refractivity (Wildman–Crippen MR) is 144 cm³/mol. The molecular formula is C26H46ClNO10. The molecule has 2 N–H and O–H groups in total. The summed E-state index contributed by atoms with van der Waals surface area (Å²) in [5.41, 5.74) is 7.49. The molecule has 11 nitrogen and oxygen atoms in total. The Balaban J connectivity index is 1.69. The van der Waals surface area contributed by atoms with Gasteiger partial charge in [-0.25, -0.2) is 0 Å². The number of halogens is 1. The molecule has 0 aliphatic rings. The van der Waals surface area contributed by atoms with E-state index < -0.39 is 0 Å². The Hall–Kier alpha value is -1.09. The first-order valence-electron chi connectivity index (χ1n) is 12.9. The van der Waals surface area contributed by atoms with Crippen molar-refractivity contribution in [3.63, 3.8) is 0 Å². The summed E-state index contributed by atoms with van der Waals surface area (Å²) in [6, 6.07) is 5.52. The molecule has 1 rings (SSSR count). The summed E-state index contributed by atoms with van der Waals surface area (Å²) in [5.74, 6) is 0. The monoisotopic (exact) mass is 567 g/mol. The van der Waals surface area contributed by atoms with Gasteiger partial charge in [-0.2, -0.15) is 0 Å². The molecule has 0 spiro atoms. The van der Waals surface area contributed by atoms with Crippen molar-refractivity contribution in [2.45, 2.75) is 12.7 Å². The third kappa shape index (κ3) is 21.8. The number of nitrogen functional groups attached to an aromatic ring is 1. The Kier molecular flexibility index (Phi) is 24.0. The molecule has 0 atom stereocenters. The van der Waals surface area contributed by atoms with Gasteiger partial charge in [-0.1, -0.05) is 11.6 Å². The van der Waals surface area contributed by atoms with Crippen LogP contribution in [0.4, 0.5) is 5.69 Å². The van der Waals surface area contributed by atoms with Gasteiger partial charge in [0.25, 0.3) is 0 Å². The Morgan fingerprint density at radius 2 is 0.921 bits per heavy atom. The van der Waals surface area contributed by atoms with Crippen LogP contribution in [0, 0.1) is 0 Å². The third-order valence-corrected chi connectivity index (χ3v) is 5.12. The van der Waals surface area contributed by atoms with E-state index in [4.69, 9.17) is 64.7 Å². The molecule has 0 amide bonds. The number of hydrogen-bond donors (Lipinski definition) is 1. The van der Waals surface area contributed by atoms with E-state index in [0.717, 1.165) is 12.0 Å². The van der Waals surface area contributed by atoms with E-state index in [1.807, 2.05) is 12.1 Å². The smallest absolute Gasteiger partial charge is 0.180 e. The van der Waals surface area contributed by atoms with E-state index in [-0.39, 0.29) is 6.29 Å². The fourth-order valence-electron chi connectivity index (χ4n) is 2.96. The molecule has 0 aliphatic heterocycles. The Morgan fingerprint density at radius 3 is 1.29 bits per heavy atom. The number of hydrogen-bond acceptors (Lipinski definition) is 11. The van der Waals surface area contributed by atoms with Crippen LogP contribution in [-0.2, 0) is 53.8 Å². The van der Waals surface area contributed by atoms with E-state index >= 15 is 0 Å². The number of anilines is 1. The second-order valence-electron chi connectivity index (χ2n) is 7.91. The summed E-state index contributed by atoms with van der Waals surface area (Å²) in [6.07, 6.45) is 0.407. The maximum atomic E-state index is 5.99. The van der Waals surface area contributed by atoms with E-state index in [1.165, 1.54) is 0 Å². The van der Waals surface area contributed by atoms with Gasteiger partial charge in [0, 0.05) is 24.9 Å². The van der Waals surface area contributed by atoms with E-state index in [0.29, 0.717) is 116 Å². The molecule has 0 heterocycles. The number of rotatable bonds is 28. The van der Waals surface area contributed by atoms with Crippen molar-refractivity contribution in [1.82, 2.24) is 0 Å². The second-order valence-corrected chi connectivity index (χ2v) is 8.34. The van der Waals surface area contributed by atoms with Crippen LogP contribution in [0.3, 0.4) is 0 Å². The highest BCUT2D eigenvalue weighted by molar-refractivity contribution is 6.30. The van der Waals surface area contributed by atoms with Crippen molar-refractivity contribution in [2.24, 2.45) is 0 Å². The Labute approximate surface area is 232 Å². The highest BCUT2D eigenvalue weighted by Crippen LogP contribution is 2.16. The second kappa shape index (κ2) is 26.1. The molecule has 0 fully saturated rings. The van der Waals surface area contributed by atoms with E-state index in [1.54, 1.807) is 20.3 Å². The van der Waals surface area contributed by atoms with Crippen molar-refractivity contribution in [3.8, 4) is 0 Å². The molecule has 0 aromatic heterocycles. The van der Waals surface area contributed by atoms with Crippen molar-refractivity contribution in [3.05, 3.63) is 28.8 Å². The average Bonchev–Trinajstić information content (AvgIpc) is 2.90. The number of nitrogens with two attached hydrogens (primary N) is 1. The van der Waals surface area contributed by atoms with Crippen LogP contribution in [0.5, 0.6) is 0 Å².